The number of aliphatic hydroxyl groups is 1. The Morgan fingerprint density at radius 2 is 2.25 bits per heavy atom. The molecule has 2 heterocycles. The van der Waals surface area contributed by atoms with Crippen LogP contribution in [-0.4, -0.2) is 27.8 Å². The smallest absolute Gasteiger partial charge is 0.127 e. The maximum atomic E-state index is 9.35. The third-order valence-corrected chi connectivity index (χ3v) is 4.41. The van der Waals surface area contributed by atoms with Crippen molar-refractivity contribution < 1.29 is 5.11 Å². The van der Waals surface area contributed by atoms with Gasteiger partial charge in [0.15, 0.2) is 0 Å². The highest BCUT2D eigenvalue weighted by Gasteiger charge is 2.26. The molecule has 4 nitrogen and oxygen atoms in total. The molecule has 0 aliphatic carbocycles. The predicted molar refractivity (Wildman–Crippen MR) is 80.6 cm³/mol. The zero-order valence-corrected chi connectivity index (χ0v) is 12.0. The summed E-state index contributed by atoms with van der Waals surface area (Å²) in [5, 5.41) is 12.9. The monoisotopic (exact) mass is 273 g/mol. The Kier molecular flexibility index (Phi) is 4.03. The zero-order chi connectivity index (χ0) is 13.9. The number of imidazole rings is 1. The quantitative estimate of drug-likeness (QED) is 0.900. The van der Waals surface area contributed by atoms with Gasteiger partial charge in [-0.3, -0.25) is 0 Å². The van der Waals surface area contributed by atoms with Gasteiger partial charge in [-0.1, -0.05) is 25.5 Å². The first-order chi connectivity index (χ1) is 9.83. The van der Waals surface area contributed by atoms with Crippen LogP contribution in [0.5, 0.6) is 0 Å². The number of aromatic nitrogens is 2. The van der Waals surface area contributed by atoms with Crippen LogP contribution in [0.2, 0.25) is 0 Å². The number of benzene rings is 1. The van der Waals surface area contributed by atoms with Crippen molar-refractivity contribution in [3.05, 3.63) is 30.1 Å². The first-order valence-corrected chi connectivity index (χ1v) is 7.63. The topological polar surface area (TPSA) is 50.1 Å². The van der Waals surface area contributed by atoms with Crippen molar-refractivity contribution >= 4 is 11.0 Å². The third kappa shape index (κ3) is 2.45. The Labute approximate surface area is 119 Å². The molecule has 2 N–H and O–H groups in total. The van der Waals surface area contributed by atoms with Crippen LogP contribution in [0.1, 0.15) is 38.1 Å². The molecule has 1 aromatic carbocycles. The summed E-state index contributed by atoms with van der Waals surface area (Å²) in [6.07, 6.45) is 3.64. The number of para-hydroxylation sites is 2. The second kappa shape index (κ2) is 5.94. The van der Waals surface area contributed by atoms with Crippen molar-refractivity contribution in [2.75, 3.05) is 13.2 Å². The van der Waals surface area contributed by atoms with Crippen LogP contribution in [0.25, 0.3) is 11.0 Å². The van der Waals surface area contributed by atoms with E-state index >= 15 is 0 Å². The van der Waals surface area contributed by atoms with Crippen LogP contribution >= 0.6 is 0 Å². The van der Waals surface area contributed by atoms with Gasteiger partial charge in [-0.05, 0) is 37.4 Å². The number of rotatable bonds is 4. The summed E-state index contributed by atoms with van der Waals surface area (Å²) in [7, 11) is 0. The molecule has 20 heavy (non-hydrogen) atoms. The summed E-state index contributed by atoms with van der Waals surface area (Å²) in [6.45, 7) is 4.09. The van der Waals surface area contributed by atoms with Gasteiger partial charge < -0.3 is 15.0 Å². The van der Waals surface area contributed by atoms with E-state index in [9.17, 15) is 5.11 Å². The number of hydrogen-bond acceptors (Lipinski definition) is 3. The first kappa shape index (κ1) is 13.6. The Morgan fingerprint density at radius 1 is 1.40 bits per heavy atom. The number of aliphatic hydroxyl groups excluding tert-OH is 1. The molecule has 2 atom stereocenters. The minimum Gasteiger partial charge on any atom is -0.395 e. The van der Waals surface area contributed by atoms with E-state index in [2.05, 4.69) is 22.9 Å². The SMILES string of the molecule is CCC1CCNC(c2nc3ccccc3n2CCO)C1. The van der Waals surface area contributed by atoms with Crippen LogP contribution in [0, 0.1) is 5.92 Å². The van der Waals surface area contributed by atoms with E-state index in [1.807, 2.05) is 18.2 Å². The lowest BCUT2D eigenvalue weighted by atomic mass is 9.90. The lowest BCUT2D eigenvalue weighted by Crippen LogP contribution is -2.33. The average Bonchev–Trinajstić information content (AvgIpc) is 2.87. The molecule has 0 radical (unpaired) electrons. The van der Waals surface area contributed by atoms with Crippen molar-refractivity contribution in [2.24, 2.45) is 5.92 Å². The fraction of sp³-hybridized carbons (Fsp3) is 0.562. The maximum Gasteiger partial charge on any atom is 0.127 e. The molecular weight excluding hydrogens is 250 g/mol. The first-order valence-electron chi connectivity index (χ1n) is 7.63. The van der Waals surface area contributed by atoms with E-state index in [0.717, 1.165) is 35.7 Å². The number of nitrogens with one attached hydrogen (secondary N) is 1. The molecule has 1 aromatic heterocycles. The van der Waals surface area contributed by atoms with Crippen LogP contribution in [0.4, 0.5) is 0 Å². The molecule has 0 spiro atoms. The Bertz CT molecular complexity index is 578. The van der Waals surface area contributed by atoms with E-state index in [0.29, 0.717) is 12.6 Å². The van der Waals surface area contributed by atoms with Crippen LogP contribution in [0.15, 0.2) is 24.3 Å². The van der Waals surface area contributed by atoms with Gasteiger partial charge in [0.1, 0.15) is 5.82 Å². The van der Waals surface area contributed by atoms with E-state index in [1.165, 1.54) is 12.8 Å². The molecule has 1 fully saturated rings. The summed E-state index contributed by atoms with van der Waals surface area (Å²) in [5.74, 6) is 1.86. The van der Waals surface area contributed by atoms with Gasteiger partial charge in [0.25, 0.3) is 0 Å². The van der Waals surface area contributed by atoms with E-state index in [-0.39, 0.29) is 6.61 Å². The molecule has 0 amide bonds. The van der Waals surface area contributed by atoms with Crippen molar-refractivity contribution in [1.29, 1.82) is 0 Å². The van der Waals surface area contributed by atoms with Gasteiger partial charge in [0, 0.05) is 6.54 Å². The van der Waals surface area contributed by atoms with Gasteiger partial charge >= 0.3 is 0 Å². The Morgan fingerprint density at radius 3 is 3.05 bits per heavy atom. The van der Waals surface area contributed by atoms with Crippen molar-refractivity contribution in [3.8, 4) is 0 Å². The summed E-state index contributed by atoms with van der Waals surface area (Å²) in [4.78, 5) is 4.81. The molecule has 3 rings (SSSR count). The number of piperidine rings is 1. The van der Waals surface area contributed by atoms with E-state index in [1.54, 1.807) is 0 Å². The van der Waals surface area contributed by atoms with Crippen LogP contribution < -0.4 is 5.32 Å². The molecule has 2 unspecified atom stereocenters. The second-order valence-corrected chi connectivity index (χ2v) is 5.64. The molecule has 2 aromatic rings. The third-order valence-electron chi connectivity index (χ3n) is 4.41. The molecule has 0 bridgehead atoms. The fourth-order valence-corrected chi connectivity index (χ4v) is 3.26. The molecule has 1 aliphatic heterocycles. The van der Waals surface area contributed by atoms with E-state index < -0.39 is 0 Å². The van der Waals surface area contributed by atoms with Gasteiger partial charge in [0.05, 0.1) is 23.7 Å². The molecule has 0 saturated carbocycles. The normalized spacial score (nSPS) is 23.3. The van der Waals surface area contributed by atoms with Crippen LogP contribution in [-0.2, 0) is 6.54 Å². The summed E-state index contributed by atoms with van der Waals surface area (Å²) in [6, 6.07) is 8.50. The number of nitrogens with zero attached hydrogens (tertiary/aromatic N) is 2. The minimum atomic E-state index is 0.150. The van der Waals surface area contributed by atoms with Gasteiger partial charge in [-0.25, -0.2) is 4.98 Å². The minimum absolute atomic E-state index is 0.150. The highest BCUT2D eigenvalue weighted by Crippen LogP contribution is 2.30. The largest absolute Gasteiger partial charge is 0.395 e. The average molecular weight is 273 g/mol. The lowest BCUT2D eigenvalue weighted by molar-refractivity contribution is 0.261. The van der Waals surface area contributed by atoms with Crippen LogP contribution in [0.3, 0.4) is 0 Å². The highest BCUT2D eigenvalue weighted by atomic mass is 16.3. The lowest BCUT2D eigenvalue weighted by Gasteiger charge is -2.29. The number of hydrogen-bond donors (Lipinski definition) is 2. The highest BCUT2D eigenvalue weighted by molar-refractivity contribution is 5.76. The number of fused-ring (bicyclic) bond motifs is 1. The van der Waals surface area contributed by atoms with Gasteiger partial charge in [-0.2, -0.15) is 0 Å². The molecule has 4 heteroatoms. The Hall–Kier alpha value is -1.39. The molecular formula is C16H23N3O. The molecule has 1 saturated heterocycles. The van der Waals surface area contributed by atoms with E-state index in [4.69, 9.17) is 4.98 Å². The molecule has 108 valence electrons. The van der Waals surface area contributed by atoms with Gasteiger partial charge in [-0.15, -0.1) is 0 Å². The molecule has 1 aliphatic rings. The summed E-state index contributed by atoms with van der Waals surface area (Å²) in [5.41, 5.74) is 2.15. The summed E-state index contributed by atoms with van der Waals surface area (Å²) < 4.78 is 2.17. The van der Waals surface area contributed by atoms with Crippen molar-refractivity contribution in [2.45, 2.75) is 38.8 Å². The van der Waals surface area contributed by atoms with Crippen molar-refractivity contribution in [1.82, 2.24) is 14.9 Å². The maximum absolute atomic E-state index is 9.35. The van der Waals surface area contributed by atoms with Crippen molar-refractivity contribution in [3.63, 3.8) is 0 Å². The Balaban J connectivity index is 1.99. The summed E-state index contributed by atoms with van der Waals surface area (Å²) >= 11 is 0. The second-order valence-electron chi connectivity index (χ2n) is 5.64. The zero-order valence-electron chi connectivity index (χ0n) is 12.0. The fourth-order valence-electron chi connectivity index (χ4n) is 3.26. The predicted octanol–water partition coefficient (Wildman–Crippen LogP) is 2.48. The van der Waals surface area contributed by atoms with Gasteiger partial charge in [0.2, 0.25) is 0 Å². The standard InChI is InChI=1S/C16H23N3O/c1-2-12-7-8-17-14(11-12)16-18-13-5-3-4-6-15(13)19(16)9-10-20/h3-6,12,14,17,20H,2,7-11H2,1H3.